The first kappa shape index (κ1) is 12.0. The fourth-order valence-electron chi connectivity index (χ4n) is 1.69. The van der Waals surface area contributed by atoms with Crippen LogP contribution in [0.3, 0.4) is 0 Å². The lowest BCUT2D eigenvalue weighted by Crippen LogP contribution is -2.41. The molecule has 4 heteroatoms. The number of carbonyl (C=O) groups excluding carboxylic acids is 2. The Labute approximate surface area is 90.6 Å². The highest BCUT2D eigenvalue weighted by atomic mass is 16.6. The van der Waals surface area contributed by atoms with Crippen LogP contribution in [0.25, 0.3) is 0 Å². The number of hydrogen-bond donors (Lipinski definition) is 0. The molecule has 4 nitrogen and oxygen atoms in total. The summed E-state index contributed by atoms with van der Waals surface area (Å²) in [4.78, 5) is 24.5. The first-order valence-electron chi connectivity index (χ1n) is 5.40. The summed E-state index contributed by atoms with van der Waals surface area (Å²) in [5.74, 6) is -0.115. The summed E-state index contributed by atoms with van der Waals surface area (Å²) in [7, 11) is 0. The highest BCUT2D eigenvalue weighted by Crippen LogP contribution is 2.23. The zero-order valence-corrected chi connectivity index (χ0v) is 9.87. The van der Waals surface area contributed by atoms with Crippen LogP contribution in [0.4, 0.5) is 4.79 Å². The molecule has 1 fully saturated rings. The number of rotatable bonds is 1. The predicted molar refractivity (Wildman–Crippen MR) is 56.4 cm³/mol. The van der Waals surface area contributed by atoms with Gasteiger partial charge < -0.3 is 4.74 Å². The van der Waals surface area contributed by atoms with E-state index in [0.717, 1.165) is 12.8 Å². The summed E-state index contributed by atoms with van der Waals surface area (Å²) in [6.07, 6.45) is 1.51. The molecule has 0 unspecified atom stereocenters. The summed E-state index contributed by atoms with van der Waals surface area (Å²) in [5.41, 5.74) is -0.543. The van der Waals surface area contributed by atoms with Gasteiger partial charge in [0.2, 0.25) is 5.91 Å². The van der Waals surface area contributed by atoms with Crippen molar-refractivity contribution in [3.05, 3.63) is 0 Å². The SMILES string of the molecule is CC[C@@H]1CCC(=O)N1C(=O)OC(C)(C)C. The van der Waals surface area contributed by atoms with Gasteiger partial charge in [-0.25, -0.2) is 9.69 Å². The van der Waals surface area contributed by atoms with Crippen molar-refractivity contribution in [2.45, 2.75) is 58.6 Å². The second-order valence-electron chi connectivity index (χ2n) is 4.84. The van der Waals surface area contributed by atoms with Gasteiger partial charge in [0.1, 0.15) is 5.60 Å². The van der Waals surface area contributed by atoms with E-state index in [2.05, 4.69) is 0 Å². The molecule has 0 radical (unpaired) electrons. The smallest absolute Gasteiger partial charge is 0.417 e. The summed E-state index contributed by atoms with van der Waals surface area (Å²) < 4.78 is 5.19. The van der Waals surface area contributed by atoms with Crippen molar-refractivity contribution in [2.75, 3.05) is 0 Å². The number of ether oxygens (including phenoxy) is 1. The summed E-state index contributed by atoms with van der Waals surface area (Å²) in [5, 5.41) is 0. The van der Waals surface area contributed by atoms with Crippen molar-refractivity contribution < 1.29 is 14.3 Å². The molecule has 0 aromatic carbocycles. The number of likely N-dealkylation sites (tertiary alicyclic amines) is 1. The third-order valence-electron chi connectivity index (χ3n) is 2.39. The summed E-state index contributed by atoms with van der Waals surface area (Å²) in [6.45, 7) is 7.37. The zero-order chi connectivity index (χ0) is 11.6. The first-order chi connectivity index (χ1) is 6.85. The Bertz CT molecular complexity index is 267. The molecule has 0 N–H and O–H groups in total. The van der Waals surface area contributed by atoms with Crippen LogP contribution in [-0.4, -0.2) is 28.5 Å². The maximum Gasteiger partial charge on any atom is 0.417 e. The molecule has 1 atom stereocenters. The summed E-state index contributed by atoms with van der Waals surface area (Å²) >= 11 is 0. The number of amides is 2. The highest BCUT2D eigenvalue weighted by Gasteiger charge is 2.37. The van der Waals surface area contributed by atoms with Crippen LogP contribution in [0.15, 0.2) is 0 Å². The molecule has 15 heavy (non-hydrogen) atoms. The van der Waals surface area contributed by atoms with Crippen molar-refractivity contribution in [2.24, 2.45) is 0 Å². The van der Waals surface area contributed by atoms with E-state index < -0.39 is 11.7 Å². The van der Waals surface area contributed by atoms with Crippen molar-refractivity contribution in [3.63, 3.8) is 0 Å². The number of imide groups is 1. The first-order valence-corrected chi connectivity index (χ1v) is 5.40. The quantitative estimate of drug-likeness (QED) is 0.671. The number of carbonyl (C=O) groups is 2. The van der Waals surface area contributed by atoms with Crippen molar-refractivity contribution in [3.8, 4) is 0 Å². The predicted octanol–water partition coefficient (Wildman–Crippen LogP) is 2.32. The van der Waals surface area contributed by atoms with Gasteiger partial charge in [0, 0.05) is 12.5 Å². The van der Waals surface area contributed by atoms with Crippen molar-refractivity contribution in [1.82, 2.24) is 4.90 Å². The van der Waals surface area contributed by atoms with E-state index in [4.69, 9.17) is 4.74 Å². The van der Waals surface area contributed by atoms with Gasteiger partial charge in [0.15, 0.2) is 0 Å². The van der Waals surface area contributed by atoms with E-state index in [1.165, 1.54) is 4.90 Å². The lowest BCUT2D eigenvalue weighted by atomic mass is 10.2. The third kappa shape index (κ3) is 2.94. The molecule has 1 rings (SSSR count). The van der Waals surface area contributed by atoms with Crippen LogP contribution in [0.5, 0.6) is 0 Å². The second kappa shape index (κ2) is 4.21. The van der Waals surface area contributed by atoms with Crippen LogP contribution >= 0.6 is 0 Å². The Balaban J connectivity index is 2.69. The van der Waals surface area contributed by atoms with Crippen LogP contribution in [-0.2, 0) is 9.53 Å². The average Bonchev–Trinajstić information content (AvgIpc) is 2.43. The second-order valence-corrected chi connectivity index (χ2v) is 4.84. The molecule has 0 saturated carbocycles. The number of nitrogens with zero attached hydrogens (tertiary/aromatic N) is 1. The van der Waals surface area contributed by atoms with Gasteiger partial charge in [0.25, 0.3) is 0 Å². The lowest BCUT2D eigenvalue weighted by Gasteiger charge is -2.26. The van der Waals surface area contributed by atoms with Crippen LogP contribution < -0.4 is 0 Å². The van der Waals surface area contributed by atoms with Gasteiger partial charge in [-0.1, -0.05) is 6.92 Å². The largest absolute Gasteiger partial charge is 0.443 e. The monoisotopic (exact) mass is 213 g/mol. The van der Waals surface area contributed by atoms with Gasteiger partial charge in [0.05, 0.1) is 0 Å². The minimum atomic E-state index is -0.543. The van der Waals surface area contributed by atoms with Crippen LogP contribution in [0.2, 0.25) is 0 Å². The van der Waals surface area contributed by atoms with Crippen molar-refractivity contribution in [1.29, 1.82) is 0 Å². The molecular weight excluding hydrogens is 194 g/mol. The Hall–Kier alpha value is -1.06. The van der Waals surface area contributed by atoms with Gasteiger partial charge >= 0.3 is 6.09 Å². The maximum atomic E-state index is 11.7. The topological polar surface area (TPSA) is 46.6 Å². The van der Waals surface area contributed by atoms with Crippen LogP contribution in [0, 0.1) is 0 Å². The Morgan fingerprint density at radius 1 is 1.53 bits per heavy atom. The number of hydrogen-bond acceptors (Lipinski definition) is 3. The normalized spacial score (nSPS) is 22.0. The summed E-state index contributed by atoms with van der Waals surface area (Å²) in [6, 6.07) is 0.0207. The maximum absolute atomic E-state index is 11.7. The molecule has 1 saturated heterocycles. The van der Waals surface area contributed by atoms with E-state index in [1.54, 1.807) is 20.8 Å². The lowest BCUT2D eigenvalue weighted by molar-refractivity contribution is -0.128. The molecule has 0 aromatic heterocycles. The minimum Gasteiger partial charge on any atom is -0.443 e. The molecule has 0 bridgehead atoms. The molecule has 2 amide bonds. The standard InChI is InChI=1S/C11H19NO3/c1-5-8-6-7-9(13)12(8)10(14)15-11(2,3)4/h8H,5-7H2,1-4H3/t8-/m1/s1. The van der Waals surface area contributed by atoms with E-state index in [-0.39, 0.29) is 11.9 Å². The molecule has 1 aliphatic heterocycles. The zero-order valence-electron chi connectivity index (χ0n) is 9.87. The van der Waals surface area contributed by atoms with Gasteiger partial charge in [-0.15, -0.1) is 0 Å². The van der Waals surface area contributed by atoms with E-state index in [1.807, 2.05) is 6.92 Å². The Morgan fingerprint density at radius 2 is 2.13 bits per heavy atom. The van der Waals surface area contributed by atoms with Crippen LogP contribution in [0.1, 0.15) is 47.0 Å². The van der Waals surface area contributed by atoms with Gasteiger partial charge in [-0.3, -0.25) is 4.79 Å². The minimum absolute atomic E-state index is 0.0207. The third-order valence-corrected chi connectivity index (χ3v) is 2.39. The fraction of sp³-hybridized carbons (Fsp3) is 0.818. The molecule has 1 aliphatic rings. The van der Waals surface area contributed by atoms with Gasteiger partial charge in [-0.05, 0) is 33.6 Å². The van der Waals surface area contributed by atoms with E-state index in [9.17, 15) is 9.59 Å². The molecule has 0 spiro atoms. The van der Waals surface area contributed by atoms with Crippen molar-refractivity contribution >= 4 is 12.0 Å². The van der Waals surface area contributed by atoms with Gasteiger partial charge in [-0.2, -0.15) is 0 Å². The Morgan fingerprint density at radius 3 is 2.60 bits per heavy atom. The average molecular weight is 213 g/mol. The Kier molecular flexibility index (Phi) is 3.37. The molecular formula is C11H19NO3. The van der Waals surface area contributed by atoms with E-state index in [0.29, 0.717) is 6.42 Å². The molecule has 0 aromatic rings. The fourth-order valence-corrected chi connectivity index (χ4v) is 1.69. The molecule has 86 valence electrons. The molecule has 1 heterocycles. The highest BCUT2D eigenvalue weighted by molar-refractivity contribution is 5.94. The molecule has 0 aliphatic carbocycles. The van der Waals surface area contributed by atoms with E-state index >= 15 is 0 Å².